The number of anilines is 1. The molecular weight excluding hydrogens is 419 g/mol. The second-order valence-electron chi connectivity index (χ2n) is 7.81. The molecule has 0 saturated heterocycles. The molecule has 1 rings (SSSR count). The SMILES string of the molecule is CCOC(=O)/C(=N/Nc1cc(C(F)(F)F)ccc1Cl)N(CCC(C)C)CCC(C)C. The van der Waals surface area contributed by atoms with Gasteiger partial charge in [0.2, 0.25) is 5.84 Å². The summed E-state index contributed by atoms with van der Waals surface area (Å²) in [4.78, 5) is 14.4. The number of ether oxygens (including phenoxy) is 1. The third kappa shape index (κ3) is 8.81. The van der Waals surface area contributed by atoms with Crippen LogP contribution in [0.2, 0.25) is 5.02 Å². The van der Waals surface area contributed by atoms with E-state index in [1.54, 1.807) is 6.92 Å². The van der Waals surface area contributed by atoms with Crippen molar-refractivity contribution < 1.29 is 22.7 Å². The number of rotatable bonds is 9. The van der Waals surface area contributed by atoms with E-state index in [2.05, 4.69) is 38.2 Å². The van der Waals surface area contributed by atoms with E-state index < -0.39 is 17.7 Å². The fraction of sp³-hybridized carbons (Fsp3) is 0.619. The van der Waals surface area contributed by atoms with Crippen LogP contribution in [-0.4, -0.2) is 36.4 Å². The van der Waals surface area contributed by atoms with E-state index in [4.69, 9.17) is 16.3 Å². The van der Waals surface area contributed by atoms with Gasteiger partial charge in [0.25, 0.3) is 0 Å². The Morgan fingerprint density at radius 2 is 1.73 bits per heavy atom. The fourth-order valence-electron chi connectivity index (χ4n) is 2.49. The van der Waals surface area contributed by atoms with Crippen LogP contribution in [0.25, 0.3) is 0 Å². The molecule has 0 bridgehead atoms. The van der Waals surface area contributed by atoms with Crippen LogP contribution >= 0.6 is 11.6 Å². The van der Waals surface area contributed by atoms with Gasteiger partial charge in [0.05, 0.1) is 22.9 Å². The van der Waals surface area contributed by atoms with Crippen molar-refractivity contribution in [2.45, 2.75) is 53.6 Å². The molecule has 0 atom stereocenters. The van der Waals surface area contributed by atoms with Gasteiger partial charge in [-0.1, -0.05) is 39.3 Å². The van der Waals surface area contributed by atoms with Crippen LogP contribution in [-0.2, 0) is 15.7 Å². The lowest BCUT2D eigenvalue weighted by Gasteiger charge is -2.26. The number of hydrogen-bond acceptors (Lipinski definition) is 4. The summed E-state index contributed by atoms with van der Waals surface area (Å²) < 4.78 is 44.2. The van der Waals surface area contributed by atoms with Crippen LogP contribution in [0.3, 0.4) is 0 Å². The lowest BCUT2D eigenvalue weighted by molar-refractivity contribution is -0.138. The van der Waals surface area contributed by atoms with Gasteiger partial charge in [0, 0.05) is 13.1 Å². The molecule has 0 heterocycles. The van der Waals surface area contributed by atoms with Crippen molar-refractivity contribution in [2.75, 3.05) is 25.1 Å². The molecule has 0 radical (unpaired) electrons. The molecule has 1 aromatic carbocycles. The summed E-state index contributed by atoms with van der Waals surface area (Å²) in [6, 6.07) is 2.89. The Kier molecular flexibility index (Phi) is 10.5. The second-order valence-corrected chi connectivity index (χ2v) is 8.22. The van der Waals surface area contributed by atoms with Gasteiger partial charge in [-0.25, -0.2) is 4.79 Å². The first-order valence-corrected chi connectivity index (χ1v) is 10.5. The molecule has 0 spiro atoms. The molecule has 0 saturated carbocycles. The maximum absolute atomic E-state index is 13.0. The van der Waals surface area contributed by atoms with Crippen molar-refractivity contribution in [1.82, 2.24) is 4.90 Å². The Morgan fingerprint density at radius 1 is 1.17 bits per heavy atom. The van der Waals surface area contributed by atoms with Crippen LogP contribution in [0.1, 0.15) is 53.0 Å². The molecule has 0 amide bonds. The monoisotopic (exact) mass is 449 g/mol. The Hall–Kier alpha value is -1.96. The maximum atomic E-state index is 13.0. The Balaban J connectivity index is 3.24. The van der Waals surface area contributed by atoms with Crippen LogP contribution < -0.4 is 5.43 Å². The Bertz CT molecular complexity index is 710. The van der Waals surface area contributed by atoms with Crippen molar-refractivity contribution in [3.05, 3.63) is 28.8 Å². The van der Waals surface area contributed by atoms with Crippen LogP contribution in [0.5, 0.6) is 0 Å². The number of hydrazone groups is 1. The highest BCUT2D eigenvalue weighted by Crippen LogP contribution is 2.33. The van der Waals surface area contributed by atoms with Crippen molar-refractivity contribution in [2.24, 2.45) is 16.9 Å². The number of alkyl halides is 3. The molecule has 170 valence electrons. The average Bonchev–Trinajstić information content (AvgIpc) is 2.63. The van der Waals surface area contributed by atoms with Gasteiger partial charge in [-0.05, 0) is 49.8 Å². The molecule has 0 aliphatic heterocycles. The zero-order valence-corrected chi connectivity index (χ0v) is 18.9. The number of benzene rings is 1. The molecule has 5 nitrogen and oxygen atoms in total. The van der Waals surface area contributed by atoms with Gasteiger partial charge in [-0.3, -0.25) is 5.43 Å². The van der Waals surface area contributed by atoms with Crippen molar-refractivity contribution in [3.8, 4) is 0 Å². The van der Waals surface area contributed by atoms with Gasteiger partial charge in [-0.15, -0.1) is 5.10 Å². The molecular formula is C21H31ClF3N3O2. The number of esters is 1. The van der Waals surface area contributed by atoms with E-state index in [0.717, 1.165) is 31.0 Å². The molecule has 30 heavy (non-hydrogen) atoms. The van der Waals surface area contributed by atoms with Crippen LogP contribution in [0.15, 0.2) is 23.3 Å². The van der Waals surface area contributed by atoms with Crippen molar-refractivity contribution in [3.63, 3.8) is 0 Å². The molecule has 0 aliphatic rings. The minimum Gasteiger partial charge on any atom is -0.460 e. The van der Waals surface area contributed by atoms with Crippen molar-refractivity contribution in [1.29, 1.82) is 0 Å². The second kappa shape index (κ2) is 12.0. The predicted octanol–water partition coefficient (Wildman–Crippen LogP) is 6.04. The topological polar surface area (TPSA) is 53.9 Å². The van der Waals surface area contributed by atoms with Crippen LogP contribution in [0.4, 0.5) is 18.9 Å². The van der Waals surface area contributed by atoms with Crippen LogP contribution in [0, 0.1) is 11.8 Å². The number of hydrogen-bond donors (Lipinski definition) is 1. The van der Waals surface area contributed by atoms with E-state index in [1.807, 2.05) is 4.90 Å². The predicted molar refractivity (Wildman–Crippen MR) is 115 cm³/mol. The van der Waals surface area contributed by atoms with E-state index in [-0.39, 0.29) is 23.2 Å². The highest BCUT2D eigenvalue weighted by atomic mass is 35.5. The number of nitrogens with zero attached hydrogens (tertiary/aromatic N) is 2. The third-order valence-electron chi connectivity index (χ3n) is 4.29. The zero-order valence-electron chi connectivity index (χ0n) is 18.1. The highest BCUT2D eigenvalue weighted by molar-refractivity contribution is 6.35. The number of halogens is 4. The van der Waals surface area contributed by atoms with E-state index in [0.29, 0.717) is 24.9 Å². The summed E-state index contributed by atoms with van der Waals surface area (Å²) in [5.74, 6) is 0.189. The van der Waals surface area contributed by atoms with Gasteiger partial charge in [-0.2, -0.15) is 13.2 Å². The fourth-order valence-corrected chi connectivity index (χ4v) is 2.65. The molecule has 0 fully saturated rings. The standard InChI is InChI=1S/C21H31ClF3N3O2/c1-6-30-20(29)19(28(11-9-14(2)3)12-10-15(4)5)27-26-18-13-16(21(23,24)25)7-8-17(18)22/h7-8,13-15,26H,6,9-12H2,1-5H3/b27-19-. The smallest absolute Gasteiger partial charge is 0.416 e. The highest BCUT2D eigenvalue weighted by Gasteiger charge is 2.31. The number of carbonyl (C=O) groups excluding carboxylic acids is 1. The minimum atomic E-state index is -4.52. The summed E-state index contributed by atoms with van der Waals surface area (Å²) in [7, 11) is 0. The van der Waals surface area contributed by atoms with E-state index in [1.165, 1.54) is 0 Å². The molecule has 9 heteroatoms. The summed E-state index contributed by atoms with van der Waals surface area (Å²) in [6.07, 6.45) is -2.88. The summed E-state index contributed by atoms with van der Waals surface area (Å²) in [6.45, 7) is 11.3. The minimum absolute atomic E-state index is 0.0200. The number of nitrogens with one attached hydrogen (secondary N) is 1. The lowest BCUT2D eigenvalue weighted by Crippen LogP contribution is -2.40. The summed E-state index contributed by atoms with van der Waals surface area (Å²) >= 11 is 6.03. The average molecular weight is 450 g/mol. The number of amidine groups is 1. The van der Waals surface area contributed by atoms with E-state index in [9.17, 15) is 18.0 Å². The van der Waals surface area contributed by atoms with Crippen molar-refractivity contribution >= 4 is 29.1 Å². The van der Waals surface area contributed by atoms with Gasteiger partial charge < -0.3 is 9.64 Å². The lowest BCUT2D eigenvalue weighted by atomic mass is 10.1. The molecule has 1 aromatic rings. The van der Waals surface area contributed by atoms with E-state index >= 15 is 0 Å². The first-order valence-electron chi connectivity index (χ1n) is 10.1. The molecule has 0 aliphatic carbocycles. The Morgan fingerprint density at radius 3 is 2.20 bits per heavy atom. The summed E-state index contributed by atoms with van der Waals surface area (Å²) in [5.41, 5.74) is 1.63. The third-order valence-corrected chi connectivity index (χ3v) is 4.62. The largest absolute Gasteiger partial charge is 0.460 e. The molecule has 0 aromatic heterocycles. The Labute approximate surface area is 181 Å². The quantitative estimate of drug-likeness (QED) is 0.216. The summed E-state index contributed by atoms with van der Waals surface area (Å²) in [5, 5.41) is 4.18. The first-order chi connectivity index (χ1) is 14.0. The molecule has 0 unspecified atom stereocenters. The maximum Gasteiger partial charge on any atom is 0.416 e. The van der Waals surface area contributed by atoms with Gasteiger partial charge in [0.15, 0.2) is 0 Å². The normalized spacial score (nSPS) is 12.4. The first kappa shape index (κ1) is 26.1. The molecule has 1 N–H and O–H groups in total. The number of carbonyl (C=O) groups is 1. The zero-order chi connectivity index (χ0) is 22.9. The van der Waals surface area contributed by atoms with Gasteiger partial charge >= 0.3 is 12.1 Å². The van der Waals surface area contributed by atoms with Gasteiger partial charge in [0.1, 0.15) is 0 Å².